The van der Waals surface area contributed by atoms with Crippen molar-refractivity contribution in [1.82, 2.24) is 19.7 Å². The zero-order valence-corrected chi connectivity index (χ0v) is 14.5. The van der Waals surface area contributed by atoms with Crippen LogP contribution in [-0.2, 0) is 11.3 Å². The van der Waals surface area contributed by atoms with Gasteiger partial charge >= 0.3 is 5.69 Å². The fourth-order valence-electron chi connectivity index (χ4n) is 3.35. The van der Waals surface area contributed by atoms with Crippen LogP contribution in [0.15, 0.2) is 41.2 Å². The van der Waals surface area contributed by atoms with E-state index in [9.17, 15) is 9.59 Å². The highest BCUT2D eigenvalue weighted by Crippen LogP contribution is 2.25. The Bertz CT molecular complexity index is 791. The third-order valence-electron chi connectivity index (χ3n) is 4.65. The van der Waals surface area contributed by atoms with Crippen LogP contribution in [0.25, 0.3) is 6.08 Å². The maximum absolute atomic E-state index is 12.5. The molecule has 1 aromatic heterocycles. The van der Waals surface area contributed by atoms with Crippen LogP contribution in [0.1, 0.15) is 43.5 Å². The molecule has 1 unspecified atom stereocenters. The molecule has 0 radical (unpaired) electrons. The zero-order chi connectivity index (χ0) is 17.6. The minimum absolute atomic E-state index is 0.120. The van der Waals surface area contributed by atoms with Gasteiger partial charge in [-0.3, -0.25) is 9.36 Å². The molecule has 1 atom stereocenters. The number of nitrogens with zero attached hydrogens (tertiary/aromatic N) is 3. The molecule has 2 aromatic rings. The maximum atomic E-state index is 12.5. The number of carbonyl (C=O) groups is 1. The standard InChI is InChI=1S/C19H24N4O2/c1-2-23-18(20-21-19(23)25)16-11-7-13-22(14-16)17(24)12-6-10-15-8-4-3-5-9-15/h3-6,8-10,16H,2,7,11-14H2,1H3,(H,21,25). The predicted octanol–water partition coefficient (Wildman–Crippen LogP) is 2.40. The minimum atomic E-state index is -0.174. The monoisotopic (exact) mass is 340 g/mol. The lowest BCUT2D eigenvalue weighted by Crippen LogP contribution is -2.39. The smallest absolute Gasteiger partial charge is 0.342 e. The van der Waals surface area contributed by atoms with Gasteiger partial charge in [0.05, 0.1) is 0 Å². The first-order chi connectivity index (χ1) is 12.2. The molecule has 0 aliphatic carbocycles. The molecule has 6 heteroatoms. The number of carbonyl (C=O) groups excluding carboxylic acids is 1. The number of H-pyrrole nitrogens is 1. The van der Waals surface area contributed by atoms with Gasteiger partial charge in [-0.1, -0.05) is 42.5 Å². The molecule has 1 fully saturated rings. The third kappa shape index (κ3) is 4.07. The normalized spacial score (nSPS) is 18.0. The van der Waals surface area contributed by atoms with E-state index < -0.39 is 0 Å². The lowest BCUT2D eigenvalue weighted by atomic mass is 9.96. The van der Waals surface area contributed by atoms with E-state index in [1.165, 1.54) is 0 Å². The molecule has 25 heavy (non-hydrogen) atoms. The number of benzene rings is 1. The van der Waals surface area contributed by atoms with Crippen LogP contribution < -0.4 is 5.69 Å². The highest BCUT2D eigenvalue weighted by atomic mass is 16.2. The molecule has 6 nitrogen and oxygen atoms in total. The summed E-state index contributed by atoms with van der Waals surface area (Å²) in [5, 5.41) is 6.70. The molecule has 1 N–H and O–H groups in total. The van der Waals surface area contributed by atoms with Crippen molar-refractivity contribution in [1.29, 1.82) is 0 Å². The predicted molar refractivity (Wildman–Crippen MR) is 97.2 cm³/mol. The van der Waals surface area contributed by atoms with Gasteiger partial charge in [0.25, 0.3) is 0 Å². The summed E-state index contributed by atoms with van der Waals surface area (Å²) in [6.07, 6.45) is 6.17. The molecule has 0 saturated carbocycles. The van der Waals surface area contributed by atoms with Crippen LogP contribution in [0, 0.1) is 0 Å². The van der Waals surface area contributed by atoms with Crippen LogP contribution >= 0.6 is 0 Å². The Labute approximate surface area is 147 Å². The number of hydrogen-bond donors (Lipinski definition) is 1. The summed E-state index contributed by atoms with van der Waals surface area (Å²) in [6, 6.07) is 9.96. The third-order valence-corrected chi connectivity index (χ3v) is 4.65. The fourth-order valence-corrected chi connectivity index (χ4v) is 3.35. The van der Waals surface area contributed by atoms with E-state index in [1.807, 2.05) is 54.3 Å². The lowest BCUT2D eigenvalue weighted by molar-refractivity contribution is -0.131. The fraction of sp³-hybridized carbons (Fsp3) is 0.421. The molecule has 0 spiro atoms. The molecule has 2 heterocycles. The second-order valence-corrected chi connectivity index (χ2v) is 6.33. The quantitative estimate of drug-likeness (QED) is 0.908. The van der Waals surface area contributed by atoms with E-state index in [0.29, 0.717) is 19.5 Å². The molecule has 1 aliphatic heterocycles. The summed E-state index contributed by atoms with van der Waals surface area (Å²) >= 11 is 0. The maximum Gasteiger partial charge on any atom is 0.343 e. The van der Waals surface area contributed by atoms with Crippen molar-refractivity contribution in [3.8, 4) is 0 Å². The molecule has 132 valence electrons. The minimum Gasteiger partial charge on any atom is -0.342 e. The number of amides is 1. The lowest BCUT2D eigenvalue weighted by Gasteiger charge is -2.32. The van der Waals surface area contributed by atoms with Crippen molar-refractivity contribution in [2.45, 2.75) is 38.6 Å². The molecule has 1 aromatic carbocycles. The number of aromatic nitrogens is 3. The number of nitrogens with one attached hydrogen (secondary N) is 1. The van der Waals surface area contributed by atoms with Crippen molar-refractivity contribution >= 4 is 12.0 Å². The van der Waals surface area contributed by atoms with Gasteiger partial charge < -0.3 is 4.90 Å². The van der Waals surface area contributed by atoms with Crippen LogP contribution in [0.4, 0.5) is 0 Å². The number of rotatable bonds is 5. The highest BCUT2D eigenvalue weighted by molar-refractivity contribution is 5.78. The number of likely N-dealkylation sites (tertiary alicyclic amines) is 1. The van der Waals surface area contributed by atoms with Crippen molar-refractivity contribution in [2.75, 3.05) is 13.1 Å². The van der Waals surface area contributed by atoms with Gasteiger partial charge in [0.1, 0.15) is 5.82 Å². The summed E-state index contributed by atoms with van der Waals surface area (Å²) in [7, 11) is 0. The Morgan fingerprint density at radius 3 is 2.92 bits per heavy atom. The summed E-state index contributed by atoms with van der Waals surface area (Å²) in [4.78, 5) is 26.2. The second kappa shape index (κ2) is 7.96. The summed E-state index contributed by atoms with van der Waals surface area (Å²) < 4.78 is 1.66. The van der Waals surface area contributed by atoms with E-state index >= 15 is 0 Å². The second-order valence-electron chi connectivity index (χ2n) is 6.33. The van der Waals surface area contributed by atoms with Gasteiger partial charge in [0.2, 0.25) is 5.91 Å². The van der Waals surface area contributed by atoms with Crippen LogP contribution in [0.2, 0.25) is 0 Å². The molecular formula is C19H24N4O2. The van der Waals surface area contributed by atoms with Gasteiger partial charge in [0.15, 0.2) is 0 Å². The van der Waals surface area contributed by atoms with E-state index in [4.69, 9.17) is 0 Å². The van der Waals surface area contributed by atoms with E-state index in [-0.39, 0.29) is 17.5 Å². The SMILES string of the molecule is CCn1c(C2CCCN(C(=O)CC=Cc3ccccc3)C2)n[nH]c1=O. The Balaban J connectivity index is 1.62. The van der Waals surface area contributed by atoms with E-state index in [1.54, 1.807) is 4.57 Å². The summed E-state index contributed by atoms with van der Waals surface area (Å²) in [5.74, 6) is 1.01. The Morgan fingerprint density at radius 2 is 2.16 bits per heavy atom. The first kappa shape index (κ1) is 17.2. The first-order valence-corrected chi connectivity index (χ1v) is 8.83. The average molecular weight is 340 g/mol. The van der Waals surface area contributed by atoms with Gasteiger partial charge in [-0.25, -0.2) is 9.89 Å². The van der Waals surface area contributed by atoms with Crippen LogP contribution in [0.5, 0.6) is 0 Å². The van der Waals surface area contributed by atoms with Crippen molar-refractivity contribution < 1.29 is 4.79 Å². The molecule has 0 bridgehead atoms. The number of aromatic amines is 1. The van der Waals surface area contributed by atoms with Gasteiger partial charge in [-0.05, 0) is 25.3 Å². The van der Waals surface area contributed by atoms with E-state index in [2.05, 4.69) is 10.2 Å². The summed E-state index contributed by atoms with van der Waals surface area (Å²) in [6.45, 7) is 3.92. The molecule has 1 amide bonds. The van der Waals surface area contributed by atoms with Crippen molar-refractivity contribution in [3.05, 3.63) is 58.3 Å². The van der Waals surface area contributed by atoms with Crippen LogP contribution in [0.3, 0.4) is 0 Å². The van der Waals surface area contributed by atoms with Crippen LogP contribution in [-0.4, -0.2) is 38.7 Å². The van der Waals surface area contributed by atoms with Crippen molar-refractivity contribution in [2.24, 2.45) is 0 Å². The van der Waals surface area contributed by atoms with Crippen molar-refractivity contribution in [3.63, 3.8) is 0 Å². The van der Waals surface area contributed by atoms with E-state index in [0.717, 1.165) is 30.8 Å². The first-order valence-electron chi connectivity index (χ1n) is 8.83. The molecule has 3 rings (SSSR count). The Morgan fingerprint density at radius 1 is 1.36 bits per heavy atom. The Hall–Kier alpha value is -2.63. The van der Waals surface area contributed by atoms with Gasteiger partial charge in [0, 0.05) is 32.0 Å². The topological polar surface area (TPSA) is 71.0 Å². The number of hydrogen-bond acceptors (Lipinski definition) is 3. The highest BCUT2D eigenvalue weighted by Gasteiger charge is 2.27. The van der Waals surface area contributed by atoms with Gasteiger partial charge in [-0.2, -0.15) is 5.10 Å². The Kier molecular flexibility index (Phi) is 5.48. The molecule has 1 saturated heterocycles. The zero-order valence-electron chi connectivity index (χ0n) is 14.5. The summed E-state index contributed by atoms with van der Waals surface area (Å²) in [5.41, 5.74) is 0.919. The molecular weight excluding hydrogens is 316 g/mol. The molecule has 1 aliphatic rings. The number of piperidine rings is 1. The largest absolute Gasteiger partial charge is 0.343 e. The van der Waals surface area contributed by atoms with Gasteiger partial charge in [-0.15, -0.1) is 0 Å². The average Bonchev–Trinajstić information content (AvgIpc) is 3.03.